The summed E-state index contributed by atoms with van der Waals surface area (Å²) < 4.78 is 15.9. The van der Waals surface area contributed by atoms with Gasteiger partial charge in [-0.2, -0.15) is 0 Å². The summed E-state index contributed by atoms with van der Waals surface area (Å²) in [4.78, 5) is 1.96. The summed E-state index contributed by atoms with van der Waals surface area (Å²) in [6, 6.07) is 3.75. The number of amidine groups is 1. The zero-order valence-corrected chi connectivity index (χ0v) is 10.9. The van der Waals surface area contributed by atoms with Crippen molar-refractivity contribution in [1.29, 1.82) is 5.41 Å². The molecule has 0 aromatic heterocycles. The van der Waals surface area contributed by atoms with E-state index in [1.165, 1.54) is 0 Å². The maximum absolute atomic E-state index is 7.91. The van der Waals surface area contributed by atoms with E-state index in [9.17, 15) is 0 Å². The van der Waals surface area contributed by atoms with E-state index in [4.69, 9.17) is 19.6 Å². The number of nitrogens with one attached hydrogen (secondary N) is 1. The molecule has 98 valence electrons. The fourth-order valence-corrected chi connectivity index (χ4v) is 2.18. The first-order valence-electron chi connectivity index (χ1n) is 5.86. The van der Waals surface area contributed by atoms with Crippen molar-refractivity contribution < 1.29 is 14.2 Å². The summed E-state index contributed by atoms with van der Waals surface area (Å²) in [5.41, 5.74) is 0.909. The molecule has 1 heterocycles. The van der Waals surface area contributed by atoms with Crippen LogP contribution < -0.4 is 19.1 Å². The third-order valence-electron chi connectivity index (χ3n) is 3.08. The molecule has 1 aromatic carbocycles. The molecule has 18 heavy (non-hydrogen) atoms. The van der Waals surface area contributed by atoms with Gasteiger partial charge in [-0.25, -0.2) is 0 Å². The fourth-order valence-electron chi connectivity index (χ4n) is 2.18. The number of hydrogen-bond donors (Lipinski definition) is 1. The van der Waals surface area contributed by atoms with E-state index in [0.29, 0.717) is 23.1 Å². The van der Waals surface area contributed by atoms with Crippen molar-refractivity contribution in [3.63, 3.8) is 0 Å². The molecule has 0 amide bonds. The van der Waals surface area contributed by atoms with Crippen LogP contribution >= 0.6 is 0 Å². The van der Waals surface area contributed by atoms with E-state index in [0.717, 1.165) is 25.1 Å². The summed E-state index contributed by atoms with van der Waals surface area (Å²) in [5.74, 6) is 2.44. The van der Waals surface area contributed by atoms with E-state index in [2.05, 4.69) is 0 Å². The molecular weight excluding hydrogens is 232 g/mol. The Labute approximate surface area is 107 Å². The van der Waals surface area contributed by atoms with Crippen LogP contribution in [0.3, 0.4) is 0 Å². The van der Waals surface area contributed by atoms with Crippen LogP contribution in [0.2, 0.25) is 0 Å². The Morgan fingerprint density at radius 3 is 2.06 bits per heavy atom. The molecule has 1 saturated heterocycles. The number of methoxy groups -OCH3 is 3. The molecule has 5 nitrogen and oxygen atoms in total. The van der Waals surface area contributed by atoms with Gasteiger partial charge in [-0.15, -0.1) is 0 Å². The molecule has 0 saturated carbocycles. The maximum Gasteiger partial charge on any atom is 0.203 e. The molecule has 1 aliphatic rings. The highest BCUT2D eigenvalue weighted by Gasteiger charge is 2.22. The monoisotopic (exact) mass is 250 g/mol. The SMILES string of the molecule is COc1cc(N2CCCC2=N)cc(OC)c1OC. The predicted molar refractivity (Wildman–Crippen MR) is 70.4 cm³/mol. The third-order valence-corrected chi connectivity index (χ3v) is 3.08. The summed E-state index contributed by atoms with van der Waals surface area (Å²) >= 11 is 0. The lowest BCUT2D eigenvalue weighted by Gasteiger charge is -2.21. The van der Waals surface area contributed by atoms with Gasteiger partial charge < -0.3 is 19.1 Å². The van der Waals surface area contributed by atoms with Gasteiger partial charge in [0.25, 0.3) is 0 Å². The summed E-state index contributed by atoms with van der Waals surface area (Å²) in [6.45, 7) is 0.859. The second kappa shape index (κ2) is 5.16. The standard InChI is InChI=1S/C13H18N2O3/c1-16-10-7-9(15-6-4-5-12(15)14)8-11(17-2)13(10)18-3/h7-8,14H,4-6H2,1-3H3. The largest absolute Gasteiger partial charge is 0.493 e. The van der Waals surface area contributed by atoms with Crippen LogP contribution in [0.1, 0.15) is 12.8 Å². The minimum atomic E-state index is 0.578. The number of hydrogen-bond acceptors (Lipinski definition) is 4. The number of rotatable bonds is 4. The third kappa shape index (κ3) is 2.08. The van der Waals surface area contributed by atoms with Gasteiger partial charge in [0.05, 0.1) is 21.3 Å². The zero-order chi connectivity index (χ0) is 13.1. The first kappa shape index (κ1) is 12.5. The summed E-state index contributed by atoms with van der Waals surface area (Å²) in [6.07, 6.45) is 1.83. The Hall–Kier alpha value is -1.91. The van der Waals surface area contributed by atoms with Crippen molar-refractivity contribution in [1.82, 2.24) is 0 Å². The fraction of sp³-hybridized carbons (Fsp3) is 0.462. The van der Waals surface area contributed by atoms with Gasteiger partial charge in [-0.05, 0) is 6.42 Å². The molecule has 1 aliphatic heterocycles. The predicted octanol–water partition coefficient (Wildman–Crippen LogP) is 2.29. The average Bonchev–Trinajstić information content (AvgIpc) is 2.83. The number of benzene rings is 1. The van der Waals surface area contributed by atoms with Gasteiger partial charge in [0.1, 0.15) is 5.84 Å². The molecule has 0 bridgehead atoms. The van der Waals surface area contributed by atoms with Crippen LogP contribution in [-0.4, -0.2) is 33.7 Å². The van der Waals surface area contributed by atoms with E-state index in [-0.39, 0.29) is 0 Å². The molecule has 0 spiro atoms. The van der Waals surface area contributed by atoms with Crippen molar-refractivity contribution in [3.05, 3.63) is 12.1 Å². The Morgan fingerprint density at radius 1 is 1.06 bits per heavy atom. The van der Waals surface area contributed by atoms with E-state index in [1.807, 2.05) is 17.0 Å². The Morgan fingerprint density at radius 2 is 1.67 bits per heavy atom. The van der Waals surface area contributed by atoms with Gasteiger partial charge in [0, 0.05) is 30.8 Å². The number of ether oxygens (including phenoxy) is 3. The van der Waals surface area contributed by atoms with Crippen molar-refractivity contribution in [2.75, 3.05) is 32.8 Å². The summed E-state index contributed by atoms with van der Waals surface area (Å²) in [5, 5.41) is 7.91. The van der Waals surface area contributed by atoms with Crippen LogP contribution in [-0.2, 0) is 0 Å². The number of nitrogens with zero attached hydrogens (tertiary/aromatic N) is 1. The molecule has 2 rings (SSSR count). The van der Waals surface area contributed by atoms with Crippen LogP contribution in [0.25, 0.3) is 0 Å². The van der Waals surface area contributed by atoms with Crippen molar-refractivity contribution in [3.8, 4) is 17.2 Å². The lowest BCUT2D eigenvalue weighted by molar-refractivity contribution is 0.324. The van der Waals surface area contributed by atoms with Gasteiger partial charge in [-0.1, -0.05) is 0 Å². The molecule has 0 atom stereocenters. The lowest BCUT2D eigenvalue weighted by atomic mass is 10.2. The average molecular weight is 250 g/mol. The first-order chi connectivity index (χ1) is 8.71. The second-order valence-corrected chi connectivity index (χ2v) is 4.09. The van der Waals surface area contributed by atoms with Crippen LogP contribution in [0.4, 0.5) is 5.69 Å². The van der Waals surface area contributed by atoms with E-state index >= 15 is 0 Å². The molecule has 1 aromatic rings. The second-order valence-electron chi connectivity index (χ2n) is 4.09. The molecule has 1 fully saturated rings. The highest BCUT2D eigenvalue weighted by Crippen LogP contribution is 2.41. The minimum Gasteiger partial charge on any atom is -0.493 e. The molecule has 5 heteroatoms. The highest BCUT2D eigenvalue weighted by atomic mass is 16.5. The first-order valence-corrected chi connectivity index (χ1v) is 5.86. The van der Waals surface area contributed by atoms with E-state index in [1.54, 1.807) is 21.3 Å². The molecule has 0 unspecified atom stereocenters. The topological polar surface area (TPSA) is 54.8 Å². The maximum atomic E-state index is 7.91. The van der Waals surface area contributed by atoms with E-state index < -0.39 is 0 Å². The van der Waals surface area contributed by atoms with Crippen LogP contribution in [0, 0.1) is 5.41 Å². The molecule has 0 radical (unpaired) electrons. The molecular formula is C13H18N2O3. The minimum absolute atomic E-state index is 0.578. The zero-order valence-electron chi connectivity index (χ0n) is 10.9. The van der Waals surface area contributed by atoms with Gasteiger partial charge in [0.2, 0.25) is 5.75 Å². The van der Waals surface area contributed by atoms with Gasteiger partial charge in [0.15, 0.2) is 11.5 Å². The Kier molecular flexibility index (Phi) is 3.60. The van der Waals surface area contributed by atoms with Crippen molar-refractivity contribution >= 4 is 11.5 Å². The van der Waals surface area contributed by atoms with Crippen molar-refractivity contribution in [2.45, 2.75) is 12.8 Å². The van der Waals surface area contributed by atoms with Gasteiger partial charge in [-0.3, -0.25) is 5.41 Å². The van der Waals surface area contributed by atoms with Crippen LogP contribution in [0.5, 0.6) is 17.2 Å². The number of anilines is 1. The molecule has 0 aliphatic carbocycles. The van der Waals surface area contributed by atoms with Gasteiger partial charge >= 0.3 is 0 Å². The summed E-state index contributed by atoms with van der Waals surface area (Å²) in [7, 11) is 4.77. The smallest absolute Gasteiger partial charge is 0.203 e. The Bertz CT molecular complexity index is 435. The quantitative estimate of drug-likeness (QED) is 0.890. The van der Waals surface area contributed by atoms with Crippen molar-refractivity contribution in [2.24, 2.45) is 0 Å². The normalized spacial score (nSPS) is 14.8. The Balaban J connectivity index is 2.46. The van der Waals surface area contributed by atoms with Crippen LogP contribution in [0.15, 0.2) is 12.1 Å². The lowest BCUT2D eigenvalue weighted by Crippen LogP contribution is -2.23. The molecule has 1 N–H and O–H groups in total. The highest BCUT2D eigenvalue weighted by molar-refractivity contribution is 5.98.